The van der Waals surface area contributed by atoms with Crippen LogP contribution in [0.4, 0.5) is 0 Å². The van der Waals surface area contributed by atoms with Gasteiger partial charge in [0.2, 0.25) is 0 Å². The van der Waals surface area contributed by atoms with Crippen LogP contribution in [-0.2, 0) is 0 Å². The minimum atomic E-state index is -2.61. The summed E-state index contributed by atoms with van der Waals surface area (Å²) >= 11 is 0. The van der Waals surface area contributed by atoms with E-state index in [0.29, 0.717) is 0 Å². The van der Waals surface area contributed by atoms with Gasteiger partial charge in [-0.1, -0.05) is 112 Å². The third-order valence-corrected chi connectivity index (χ3v) is 10.3. The van der Waals surface area contributed by atoms with Gasteiger partial charge in [-0.25, -0.2) is 0 Å². The van der Waals surface area contributed by atoms with Gasteiger partial charge in [0.25, 0.3) is 0 Å². The Morgan fingerprint density at radius 2 is 0.880 bits per heavy atom. The van der Waals surface area contributed by atoms with Gasteiger partial charge in [-0.3, -0.25) is 0 Å². The van der Waals surface area contributed by atoms with E-state index in [1.165, 1.54) is 15.6 Å². The molecule has 128 valence electrons. The molecular weight excluding hydrogens is 320 g/mol. The van der Waals surface area contributed by atoms with Crippen molar-refractivity contribution in [3.05, 3.63) is 91.0 Å². The van der Waals surface area contributed by atoms with Crippen molar-refractivity contribution in [3.8, 4) is 0 Å². The second-order valence-electron chi connectivity index (χ2n) is 7.67. The average Bonchev–Trinajstić information content (AvgIpc) is 2.64. The van der Waals surface area contributed by atoms with Crippen molar-refractivity contribution < 1.29 is 5.11 Å². The van der Waals surface area contributed by atoms with Crippen molar-refractivity contribution in [2.45, 2.75) is 26.5 Å². The van der Waals surface area contributed by atoms with E-state index in [4.69, 9.17) is 0 Å². The highest BCUT2D eigenvalue weighted by atomic mass is 28.3. The number of benzene rings is 3. The highest BCUT2D eigenvalue weighted by Gasteiger charge is 2.50. The largest absolute Gasteiger partial charge is 0.395 e. The van der Waals surface area contributed by atoms with Crippen LogP contribution in [0.15, 0.2) is 91.0 Å². The van der Waals surface area contributed by atoms with Crippen molar-refractivity contribution in [2.24, 2.45) is 5.41 Å². The maximum Gasteiger partial charge on any atom is 0.179 e. The molecule has 0 saturated heterocycles. The van der Waals surface area contributed by atoms with Crippen LogP contribution in [0, 0.1) is 5.41 Å². The molecule has 0 radical (unpaired) electrons. The first-order valence-electron chi connectivity index (χ1n) is 8.82. The number of hydrogen-bond acceptors (Lipinski definition) is 1. The molecule has 0 aliphatic heterocycles. The first-order valence-corrected chi connectivity index (χ1v) is 10.9. The molecule has 0 amide bonds. The molecule has 2 heteroatoms. The van der Waals surface area contributed by atoms with Crippen LogP contribution in [-0.4, -0.2) is 18.9 Å². The van der Waals surface area contributed by atoms with E-state index in [1.54, 1.807) is 0 Å². The summed E-state index contributed by atoms with van der Waals surface area (Å²) in [5.41, 5.74) is -0.680. The first kappa shape index (κ1) is 17.7. The molecule has 0 fully saturated rings. The summed E-state index contributed by atoms with van der Waals surface area (Å²) < 4.78 is 0. The van der Waals surface area contributed by atoms with Crippen LogP contribution in [0.25, 0.3) is 0 Å². The molecule has 3 aromatic rings. The highest BCUT2D eigenvalue weighted by Crippen LogP contribution is 2.27. The zero-order valence-corrected chi connectivity index (χ0v) is 16.2. The summed E-state index contributed by atoms with van der Waals surface area (Å²) in [7, 11) is -2.61. The highest BCUT2D eigenvalue weighted by molar-refractivity contribution is 7.12. The van der Waals surface area contributed by atoms with Crippen LogP contribution in [0.1, 0.15) is 20.8 Å². The minimum absolute atomic E-state index is 0.228. The Labute approximate surface area is 152 Å². The molecular formula is C23H26OSi. The fraction of sp³-hybridized carbons (Fsp3) is 0.217. The van der Waals surface area contributed by atoms with Crippen molar-refractivity contribution >= 4 is 23.6 Å². The lowest BCUT2D eigenvalue weighted by molar-refractivity contribution is 0.128. The lowest BCUT2D eigenvalue weighted by Crippen LogP contribution is -2.76. The Morgan fingerprint density at radius 1 is 0.600 bits per heavy atom. The van der Waals surface area contributed by atoms with E-state index in [-0.39, 0.29) is 5.41 Å². The fourth-order valence-corrected chi connectivity index (χ4v) is 9.13. The molecule has 1 unspecified atom stereocenters. The van der Waals surface area contributed by atoms with Gasteiger partial charge in [0, 0.05) is 0 Å². The second-order valence-corrected chi connectivity index (χ2v) is 11.6. The monoisotopic (exact) mass is 346 g/mol. The zero-order chi connectivity index (χ0) is 17.9. The lowest BCUT2D eigenvalue weighted by Gasteiger charge is -2.43. The van der Waals surface area contributed by atoms with E-state index in [0.717, 1.165) is 0 Å². The van der Waals surface area contributed by atoms with Crippen molar-refractivity contribution in [3.63, 3.8) is 0 Å². The predicted molar refractivity (Wildman–Crippen MR) is 109 cm³/mol. The quantitative estimate of drug-likeness (QED) is 0.568. The summed E-state index contributed by atoms with van der Waals surface area (Å²) in [4.78, 5) is 0. The molecule has 1 N–H and O–H groups in total. The van der Waals surface area contributed by atoms with Crippen LogP contribution in [0.5, 0.6) is 0 Å². The topological polar surface area (TPSA) is 20.2 Å². The molecule has 0 spiro atoms. The molecule has 3 rings (SSSR count). The van der Waals surface area contributed by atoms with Gasteiger partial charge in [-0.2, -0.15) is 0 Å². The Morgan fingerprint density at radius 3 is 1.12 bits per heavy atom. The van der Waals surface area contributed by atoms with Crippen LogP contribution >= 0.6 is 0 Å². The van der Waals surface area contributed by atoms with Crippen LogP contribution < -0.4 is 15.6 Å². The molecule has 0 saturated carbocycles. The van der Waals surface area contributed by atoms with Crippen molar-refractivity contribution in [2.75, 3.05) is 0 Å². The van der Waals surface area contributed by atoms with Gasteiger partial charge >= 0.3 is 0 Å². The third kappa shape index (κ3) is 3.20. The Kier molecular flexibility index (Phi) is 4.93. The molecule has 0 aliphatic rings. The Hall–Kier alpha value is -2.16. The van der Waals surface area contributed by atoms with E-state index < -0.39 is 13.8 Å². The summed E-state index contributed by atoms with van der Waals surface area (Å²) in [6, 6.07) is 31.7. The second kappa shape index (κ2) is 6.99. The van der Waals surface area contributed by atoms with Crippen molar-refractivity contribution in [1.82, 2.24) is 0 Å². The van der Waals surface area contributed by atoms with E-state index in [2.05, 4.69) is 93.6 Å². The smallest absolute Gasteiger partial charge is 0.179 e. The summed E-state index contributed by atoms with van der Waals surface area (Å²) in [6.45, 7) is 6.40. The van der Waals surface area contributed by atoms with Gasteiger partial charge < -0.3 is 5.11 Å². The first-order chi connectivity index (χ1) is 12.0. The molecule has 3 aromatic carbocycles. The summed E-state index contributed by atoms with van der Waals surface area (Å²) in [6.07, 6.45) is 0. The normalized spacial score (nSPS) is 13.4. The molecule has 1 nitrogen and oxygen atoms in total. The van der Waals surface area contributed by atoms with E-state index >= 15 is 0 Å². The molecule has 0 aliphatic carbocycles. The Balaban J connectivity index is 2.40. The third-order valence-electron chi connectivity index (χ3n) is 4.92. The van der Waals surface area contributed by atoms with Gasteiger partial charge in [0.1, 0.15) is 0 Å². The molecule has 25 heavy (non-hydrogen) atoms. The van der Waals surface area contributed by atoms with E-state index in [1.807, 2.05) is 18.2 Å². The van der Waals surface area contributed by atoms with E-state index in [9.17, 15) is 5.11 Å². The number of aliphatic hydroxyl groups excluding tert-OH is 1. The standard InChI is InChI=1S/C23H26OSi/c1-23(2,3)22(24)25(19-13-7-4-8-14-19,20-15-9-5-10-16-20)21-17-11-6-12-18-21/h4-18,22,24H,1-3H3. The van der Waals surface area contributed by atoms with Gasteiger partial charge in [-0.15, -0.1) is 0 Å². The summed E-state index contributed by atoms with van der Waals surface area (Å²) in [5.74, 6) is 0. The molecule has 0 aromatic heterocycles. The maximum atomic E-state index is 11.7. The van der Waals surface area contributed by atoms with Gasteiger partial charge in [0.05, 0.1) is 5.73 Å². The number of hydrogen-bond donors (Lipinski definition) is 1. The maximum absolute atomic E-state index is 11.7. The minimum Gasteiger partial charge on any atom is -0.395 e. The SMILES string of the molecule is CC(C)(C)C(O)[Si](c1ccccc1)(c1ccccc1)c1ccccc1. The average molecular weight is 347 g/mol. The van der Waals surface area contributed by atoms with Crippen LogP contribution in [0.3, 0.4) is 0 Å². The number of aliphatic hydroxyl groups is 1. The van der Waals surface area contributed by atoms with Gasteiger partial charge in [-0.05, 0) is 21.0 Å². The summed E-state index contributed by atoms with van der Waals surface area (Å²) in [5, 5.41) is 15.5. The molecule has 1 atom stereocenters. The zero-order valence-electron chi connectivity index (χ0n) is 15.2. The fourth-order valence-electron chi connectivity index (χ4n) is 3.73. The molecule has 0 bridgehead atoms. The van der Waals surface area contributed by atoms with Crippen molar-refractivity contribution in [1.29, 1.82) is 0 Å². The molecule has 0 heterocycles. The van der Waals surface area contributed by atoms with Gasteiger partial charge in [0.15, 0.2) is 8.07 Å². The predicted octanol–water partition coefficient (Wildman–Crippen LogP) is 3.10. The number of rotatable bonds is 4. The Bertz CT molecular complexity index is 695. The van der Waals surface area contributed by atoms with Crippen LogP contribution in [0.2, 0.25) is 0 Å². The lowest BCUT2D eigenvalue weighted by atomic mass is 9.98.